The molecule has 0 spiro atoms. The molecule has 0 aliphatic carbocycles. The Balaban J connectivity index is 2.72. The van der Waals surface area contributed by atoms with Crippen LogP contribution in [0.2, 0.25) is 0 Å². The highest BCUT2D eigenvalue weighted by molar-refractivity contribution is 5.83. The van der Waals surface area contributed by atoms with Crippen LogP contribution in [-0.4, -0.2) is 36.9 Å². The van der Waals surface area contributed by atoms with Crippen LogP contribution in [0.15, 0.2) is 30.3 Å². The van der Waals surface area contributed by atoms with E-state index in [-0.39, 0.29) is 12.5 Å². The molecule has 2 amide bonds. The van der Waals surface area contributed by atoms with Crippen molar-refractivity contribution in [2.24, 2.45) is 5.73 Å². The minimum atomic E-state index is -0.589. The van der Waals surface area contributed by atoms with Crippen molar-refractivity contribution in [3.05, 3.63) is 35.9 Å². The van der Waals surface area contributed by atoms with Crippen LogP contribution in [0.5, 0.6) is 0 Å². The van der Waals surface area contributed by atoms with E-state index in [0.29, 0.717) is 6.54 Å². The van der Waals surface area contributed by atoms with E-state index in [1.54, 1.807) is 11.9 Å². The van der Waals surface area contributed by atoms with E-state index in [2.05, 4.69) is 5.32 Å². The third-order valence-electron chi connectivity index (χ3n) is 2.79. The lowest BCUT2D eigenvalue weighted by Gasteiger charge is -2.25. The van der Waals surface area contributed by atoms with E-state index in [4.69, 9.17) is 5.73 Å². The van der Waals surface area contributed by atoms with Crippen LogP contribution >= 0.6 is 0 Å². The first-order valence-electron chi connectivity index (χ1n) is 6.37. The van der Waals surface area contributed by atoms with Gasteiger partial charge in [0.2, 0.25) is 11.8 Å². The zero-order chi connectivity index (χ0) is 14.3. The molecule has 0 aliphatic rings. The fraction of sp³-hybridized carbons (Fsp3) is 0.429. The summed E-state index contributed by atoms with van der Waals surface area (Å²) in [6.45, 7) is 2.77. The molecule has 0 bridgehead atoms. The van der Waals surface area contributed by atoms with E-state index in [1.165, 1.54) is 0 Å². The van der Waals surface area contributed by atoms with E-state index >= 15 is 0 Å². The van der Waals surface area contributed by atoms with Crippen molar-refractivity contribution in [1.29, 1.82) is 0 Å². The second-order valence-corrected chi connectivity index (χ2v) is 4.48. The molecule has 5 nitrogen and oxygen atoms in total. The Morgan fingerprint density at radius 2 is 1.95 bits per heavy atom. The average molecular weight is 263 g/mol. The maximum atomic E-state index is 11.7. The number of hydrogen-bond acceptors (Lipinski definition) is 3. The third kappa shape index (κ3) is 4.71. The summed E-state index contributed by atoms with van der Waals surface area (Å²) in [5.74, 6) is -0.566. The molecule has 1 atom stereocenters. The fourth-order valence-corrected chi connectivity index (χ4v) is 1.91. The predicted molar refractivity (Wildman–Crippen MR) is 74.3 cm³/mol. The van der Waals surface area contributed by atoms with Crippen molar-refractivity contribution in [2.75, 3.05) is 20.1 Å². The number of benzene rings is 1. The van der Waals surface area contributed by atoms with Crippen molar-refractivity contribution in [3.63, 3.8) is 0 Å². The molecular weight excluding hydrogens is 242 g/mol. The van der Waals surface area contributed by atoms with Gasteiger partial charge in [-0.1, -0.05) is 37.3 Å². The second-order valence-electron chi connectivity index (χ2n) is 4.48. The first kappa shape index (κ1) is 15.2. The maximum Gasteiger partial charge on any atom is 0.239 e. The summed E-state index contributed by atoms with van der Waals surface area (Å²) >= 11 is 0. The molecule has 1 rings (SSSR count). The highest BCUT2D eigenvalue weighted by atomic mass is 16.2. The Labute approximate surface area is 113 Å². The number of nitrogens with zero attached hydrogens (tertiary/aromatic N) is 1. The molecule has 0 radical (unpaired) electrons. The lowest BCUT2D eigenvalue weighted by atomic mass is 10.1. The van der Waals surface area contributed by atoms with E-state index in [0.717, 1.165) is 12.0 Å². The third-order valence-corrected chi connectivity index (χ3v) is 2.79. The van der Waals surface area contributed by atoms with Gasteiger partial charge in [0.1, 0.15) is 6.04 Å². The van der Waals surface area contributed by atoms with E-state index in [1.807, 2.05) is 37.3 Å². The lowest BCUT2D eigenvalue weighted by Crippen LogP contribution is -2.41. The Bertz CT molecular complexity index is 420. The van der Waals surface area contributed by atoms with E-state index in [9.17, 15) is 9.59 Å². The average Bonchev–Trinajstić information content (AvgIpc) is 2.37. The molecule has 0 aromatic heterocycles. The van der Waals surface area contributed by atoms with Crippen LogP contribution in [0.25, 0.3) is 0 Å². The summed E-state index contributed by atoms with van der Waals surface area (Å²) in [7, 11) is 1.72. The molecule has 104 valence electrons. The monoisotopic (exact) mass is 263 g/mol. The van der Waals surface area contributed by atoms with Crippen molar-refractivity contribution in [2.45, 2.75) is 19.4 Å². The van der Waals surface area contributed by atoms with E-state index < -0.39 is 11.9 Å². The van der Waals surface area contributed by atoms with Crippen molar-refractivity contribution in [3.8, 4) is 0 Å². The summed E-state index contributed by atoms with van der Waals surface area (Å²) in [6.07, 6.45) is 0.882. The van der Waals surface area contributed by atoms with Gasteiger partial charge >= 0.3 is 0 Å². The Morgan fingerprint density at radius 1 is 1.32 bits per heavy atom. The van der Waals surface area contributed by atoms with Gasteiger partial charge in [0.15, 0.2) is 0 Å². The van der Waals surface area contributed by atoms with Gasteiger partial charge in [-0.25, -0.2) is 0 Å². The van der Waals surface area contributed by atoms with Crippen molar-refractivity contribution in [1.82, 2.24) is 10.2 Å². The summed E-state index contributed by atoms with van der Waals surface area (Å²) in [5, 5.41) is 2.78. The fourth-order valence-electron chi connectivity index (χ4n) is 1.91. The van der Waals surface area contributed by atoms with Gasteiger partial charge in [-0.3, -0.25) is 14.5 Å². The highest BCUT2D eigenvalue weighted by Crippen LogP contribution is 2.18. The normalized spacial score (nSPS) is 12.2. The topological polar surface area (TPSA) is 75.4 Å². The standard InChI is InChI=1S/C14H21N3O2/c1-3-9-16-12(18)10-17(2)13(14(15)19)11-7-5-4-6-8-11/h4-8,13H,3,9-10H2,1-2H3,(H2,15,19)(H,16,18)/t13-/m0/s1. The summed E-state index contributed by atoms with van der Waals surface area (Å²) in [4.78, 5) is 24.9. The first-order chi connectivity index (χ1) is 9.06. The maximum absolute atomic E-state index is 11.7. The summed E-state index contributed by atoms with van der Waals surface area (Å²) in [6, 6.07) is 8.63. The number of rotatable bonds is 7. The van der Waals surface area contributed by atoms with Gasteiger partial charge in [0, 0.05) is 6.54 Å². The number of nitrogens with one attached hydrogen (secondary N) is 1. The first-order valence-corrected chi connectivity index (χ1v) is 6.37. The SMILES string of the molecule is CCCNC(=O)CN(C)[C@H](C(N)=O)c1ccccc1. The van der Waals surface area contributed by atoms with Gasteiger partial charge in [-0.2, -0.15) is 0 Å². The lowest BCUT2D eigenvalue weighted by molar-refractivity contribution is -0.126. The predicted octanol–water partition coefficient (Wildman–Crippen LogP) is 0.671. The number of hydrogen-bond donors (Lipinski definition) is 2. The van der Waals surface area contributed by atoms with Crippen LogP contribution in [0.4, 0.5) is 0 Å². The minimum absolute atomic E-state index is 0.105. The Hall–Kier alpha value is -1.88. The largest absolute Gasteiger partial charge is 0.368 e. The molecular formula is C14H21N3O2. The number of likely N-dealkylation sites (N-methyl/N-ethyl adjacent to an activating group) is 1. The Kier molecular flexibility index (Phi) is 6.02. The van der Waals surface area contributed by atoms with Gasteiger partial charge in [-0.05, 0) is 19.0 Å². The second kappa shape index (κ2) is 7.53. The number of carbonyl (C=O) groups excluding carboxylic acids is 2. The van der Waals surface area contributed by atoms with Crippen LogP contribution in [0.1, 0.15) is 24.9 Å². The van der Waals surface area contributed by atoms with Crippen molar-refractivity contribution < 1.29 is 9.59 Å². The molecule has 0 saturated carbocycles. The van der Waals surface area contributed by atoms with Crippen LogP contribution < -0.4 is 11.1 Å². The molecule has 0 saturated heterocycles. The zero-order valence-corrected chi connectivity index (χ0v) is 11.4. The van der Waals surface area contributed by atoms with Crippen molar-refractivity contribution >= 4 is 11.8 Å². The molecule has 0 fully saturated rings. The molecule has 0 heterocycles. The summed E-state index contributed by atoms with van der Waals surface area (Å²) in [5.41, 5.74) is 6.23. The molecule has 5 heteroatoms. The number of carbonyl (C=O) groups is 2. The Morgan fingerprint density at radius 3 is 2.47 bits per heavy atom. The smallest absolute Gasteiger partial charge is 0.239 e. The molecule has 0 unspecified atom stereocenters. The highest BCUT2D eigenvalue weighted by Gasteiger charge is 2.23. The summed E-state index contributed by atoms with van der Waals surface area (Å²) < 4.78 is 0. The quantitative estimate of drug-likeness (QED) is 0.759. The van der Waals surface area contributed by atoms with Gasteiger partial charge in [-0.15, -0.1) is 0 Å². The van der Waals surface area contributed by atoms with Gasteiger partial charge in [0.05, 0.1) is 6.54 Å². The molecule has 3 N–H and O–H groups in total. The van der Waals surface area contributed by atoms with Gasteiger partial charge in [0.25, 0.3) is 0 Å². The number of amides is 2. The number of nitrogens with two attached hydrogens (primary N) is 1. The minimum Gasteiger partial charge on any atom is -0.368 e. The molecule has 1 aromatic carbocycles. The zero-order valence-electron chi connectivity index (χ0n) is 11.4. The van der Waals surface area contributed by atoms with Crippen LogP contribution in [0, 0.1) is 0 Å². The molecule has 1 aromatic rings. The van der Waals surface area contributed by atoms with Crippen LogP contribution in [-0.2, 0) is 9.59 Å². The number of primary amides is 1. The van der Waals surface area contributed by atoms with Crippen LogP contribution in [0.3, 0.4) is 0 Å². The van der Waals surface area contributed by atoms with Gasteiger partial charge < -0.3 is 11.1 Å². The molecule has 19 heavy (non-hydrogen) atoms. The molecule has 0 aliphatic heterocycles.